The minimum Gasteiger partial charge on any atom is -0.385 e. The van der Waals surface area contributed by atoms with Crippen LogP contribution in [0.5, 0.6) is 0 Å². The Morgan fingerprint density at radius 3 is 2.81 bits per heavy atom. The average Bonchev–Trinajstić information content (AvgIpc) is 2.90. The van der Waals surface area contributed by atoms with E-state index in [0.717, 1.165) is 45.0 Å². The summed E-state index contributed by atoms with van der Waals surface area (Å²) in [7, 11) is 0. The summed E-state index contributed by atoms with van der Waals surface area (Å²) < 4.78 is 2.13. The number of hydrogen-bond donors (Lipinski definition) is 1. The van der Waals surface area contributed by atoms with Crippen molar-refractivity contribution in [2.75, 3.05) is 11.9 Å². The number of rotatable bonds is 2. The fourth-order valence-corrected chi connectivity index (χ4v) is 3.18. The molecule has 3 nitrogen and oxygen atoms in total. The molecule has 0 radical (unpaired) electrons. The summed E-state index contributed by atoms with van der Waals surface area (Å²) in [6.07, 6.45) is 2.05. The van der Waals surface area contributed by atoms with Gasteiger partial charge in [-0.2, -0.15) is 0 Å². The van der Waals surface area contributed by atoms with Gasteiger partial charge in [0.05, 0.1) is 16.4 Å². The minimum atomic E-state index is 0.112. The molecule has 4 aromatic rings. The Hall–Kier alpha value is -2.55. The van der Waals surface area contributed by atoms with E-state index >= 15 is 0 Å². The summed E-state index contributed by atoms with van der Waals surface area (Å²) in [5.74, 6) is 0. The van der Waals surface area contributed by atoms with Crippen molar-refractivity contribution >= 4 is 32.9 Å². The highest BCUT2D eigenvalue weighted by atomic mass is 16.1. The van der Waals surface area contributed by atoms with E-state index in [1.165, 1.54) is 0 Å². The molecule has 0 saturated heterocycles. The second-order valence-electron chi connectivity index (χ2n) is 5.49. The van der Waals surface area contributed by atoms with Gasteiger partial charge in [-0.1, -0.05) is 17.7 Å². The number of nitrogens with zero attached hydrogens (tertiary/aromatic N) is 1. The third kappa shape index (κ3) is 1.57. The Balaban J connectivity index is 2.33. The number of aromatic nitrogens is 1. The van der Waals surface area contributed by atoms with Crippen LogP contribution >= 0.6 is 0 Å². The molecule has 0 fully saturated rings. The van der Waals surface area contributed by atoms with E-state index in [2.05, 4.69) is 27.9 Å². The van der Waals surface area contributed by atoms with Crippen LogP contribution in [0.2, 0.25) is 0 Å². The molecule has 0 atom stereocenters. The molecule has 104 valence electrons. The van der Waals surface area contributed by atoms with Gasteiger partial charge in [-0.15, -0.1) is 0 Å². The number of hydrogen-bond acceptors (Lipinski definition) is 2. The SMILES string of the molecule is CCNc1ccc2ccn3c4ccc(C)cc4c(=O)c1c23. The molecule has 0 aliphatic heterocycles. The van der Waals surface area contributed by atoms with Crippen LogP contribution in [-0.2, 0) is 0 Å². The van der Waals surface area contributed by atoms with Crippen molar-refractivity contribution in [2.45, 2.75) is 13.8 Å². The van der Waals surface area contributed by atoms with Crippen LogP contribution in [-0.4, -0.2) is 10.9 Å². The topological polar surface area (TPSA) is 33.5 Å². The van der Waals surface area contributed by atoms with Gasteiger partial charge in [-0.05, 0) is 38.1 Å². The van der Waals surface area contributed by atoms with Gasteiger partial charge < -0.3 is 9.72 Å². The molecule has 0 saturated carbocycles. The highest BCUT2D eigenvalue weighted by Gasteiger charge is 2.15. The smallest absolute Gasteiger partial charge is 0.199 e. The van der Waals surface area contributed by atoms with Crippen LogP contribution in [0.4, 0.5) is 5.69 Å². The first-order valence-corrected chi connectivity index (χ1v) is 7.24. The lowest BCUT2D eigenvalue weighted by atomic mass is 10.1. The largest absolute Gasteiger partial charge is 0.385 e. The van der Waals surface area contributed by atoms with E-state index in [0.29, 0.717) is 0 Å². The van der Waals surface area contributed by atoms with Gasteiger partial charge in [-0.3, -0.25) is 4.79 Å². The van der Waals surface area contributed by atoms with Crippen LogP contribution in [0.15, 0.2) is 47.4 Å². The summed E-state index contributed by atoms with van der Waals surface area (Å²) in [6.45, 7) is 4.86. The van der Waals surface area contributed by atoms with Gasteiger partial charge in [0.15, 0.2) is 5.43 Å². The van der Waals surface area contributed by atoms with Crippen molar-refractivity contribution < 1.29 is 0 Å². The standard InChI is InChI=1S/C18H16N2O/c1-3-19-14-6-5-12-8-9-20-15-7-4-11(2)10-13(15)18(21)16(14)17(12)20/h4-10,19H,3H2,1-2H3. The maximum atomic E-state index is 13.0. The van der Waals surface area contributed by atoms with Crippen molar-refractivity contribution in [3.63, 3.8) is 0 Å². The molecule has 1 N–H and O–H groups in total. The van der Waals surface area contributed by atoms with Gasteiger partial charge in [0, 0.05) is 29.2 Å². The number of pyridine rings is 1. The Bertz CT molecular complexity index is 1030. The van der Waals surface area contributed by atoms with Gasteiger partial charge in [0.25, 0.3) is 0 Å². The quantitative estimate of drug-likeness (QED) is 0.565. The van der Waals surface area contributed by atoms with E-state index in [1.807, 2.05) is 38.2 Å². The summed E-state index contributed by atoms with van der Waals surface area (Å²) in [5, 5.41) is 5.99. The minimum absolute atomic E-state index is 0.112. The van der Waals surface area contributed by atoms with E-state index in [9.17, 15) is 4.79 Å². The molecule has 0 spiro atoms. The summed E-state index contributed by atoms with van der Waals surface area (Å²) in [5.41, 5.74) is 4.12. The number of anilines is 1. The molecule has 2 aromatic heterocycles. The fraction of sp³-hybridized carbons (Fsp3) is 0.167. The lowest BCUT2D eigenvalue weighted by Gasteiger charge is -2.11. The number of nitrogens with one attached hydrogen (secondary N) is 1. The van der Waals surface area contributed by atoms with Crippen molar-refractivity contribution in [1.29, 1.82) is 0 Å². The van der Waals surface area contributed by atoms with E-state index < -0.39 is 0 Å². The van der Waals surface area contributed by atoms with E-state index in [4.69, 9.17) is 0 Å². The highest BCUT2D eigenvalue weighted by molar-refractivity contribution is 6.08. The van der Waals surface area contributed by atoms with Gasteiger partial charge in [0.2, 0.25) is 0 Å². The maximum Gasteiger partial charge on any atom is 0.199 e. The van der Waals surface area contributed by atoms with Crippen LogP contribution in [0, 0.1) is 6.92 Å². The third-order valence-electron chi connectivity index (χ3n) is 4.10. The van der Waals surface area contributed by atoms with Crippen molar-refractivity contribution in [1.82, 2.24) is 4.40 Å². The molecule has 0 aliphatic rings. The first-order chi connectivity index (χ1) is 10.2. The molecular formula is C18H16N2O. The third-order valence-corrected chi connectivity index (χ3v) is 4.10. The molecule has 2 aromatic carbocycles. The predicted molar refractivity (Wildman–Crippen MR) is 88.8 cm³/mol. The summed E-state index contributed by atoms with van der Waals surface area (Å²) >= 11 is 0. The number of fused-ring (bicyclic) bond motifs is 2. The molecule has 2 heterocycles. The maximum absolute atomic E-state index is 13.0. The van der Waals surface area contributed by atoms with Crippen LogP contribution in [0.1, 0.15) is 12.5 Å². The van der Waals surface area contributed by atoms with Crippen molar-refractivity contribution in [3.8, 4) is 0 Å². The zero-order valence-corrected chi connectivity index (χ0v) is 12.1. The molecule has 0 bridgehead atoms. The van der Waals surface area contributed by atoms with E-state index in [-0.39, 0.29) is 5.43 Å². The zero-order chi connectivity index (χ0) is 14.6. The molecule has 21 heavy (non-hydrogen) atoms. The second kappa shape index (κ2) is 4.22. The molecular weight excluding hydrogens is 260 g/mol. The summed E-state index contributed by atoms with van der Waals surface area (Å²) in [6, 6.07) is 12.2. The molecule has 0 amide bonds. The molecule has 3 heteroatoms. The Morgan fingerprint density at radius 1 is 1.14 bits per heavy atom. The first kappa shape index (κ1) is 12.2. The normalized spacial score (nSPS) is 11.7. The highest BCUT2D eigenvalue weighted by Crippen LogP contribution is 2.29. The van der Waals surface area contributed by atoms with Crippen LogP contribution in [0.3, 0.4) is 0 Å². The zero-order valence-electron chi connectivity index (χ0n) is 12.1. The van der Waals surface area contributed by atoms with Crippen molar-refractivity contribution in [3.05, 3.63) is 58.4 Å². The van der Waals surface area contributed by atoms with Gasteiger partial charge in [-0.25, -0.2) is 0 Å². The van der Waals surface area contributed by atoms with Gasteiger partial charge in [0.1, 0.15) is 0 Å². The lowest BCUT2D eigenvalue weighted by Crippen LogP contribution is -2.10. The van der Waals surface area contributed by atoms with Gasteiger partial charge >= 0.3 is 0 Å². The lowest BCUT2D eigenvalue weighted by molar-refractivity contribution is 1.21. The Morgan fingerprint density at radius 2 is 2.00 bits per heavy atom. The first-order valence-electron chi connectivity index (χ1n) is 7.24. The summed E-state index contributed by atoms with van der Waals surface area (Å²) in [4.78, 5) is 13.0. The fourth-order valence-electron chi connectivity index (χ4n) is 3.18. The molecule has 4 rings (SSSR count). The van der Waals surface area contributed by atoms with Crippen molar-refractivity contribution in [2.24, 2.45) is 0 Å². The van der Waals surface area contributed by atoms with E-state index in [1.54, 1.807) is 0 Å². The molecule has 0 aliphatic carbocycles. The second-order valence-corrected chi connectivity index (χ2v) is 5.49. The molecule has 0 unspecified atom stereocenters. The number of benzene rings is 2. The predicted octanol–water partition coefficient (Wildman–Crippen LogP) is 3.78. The number of aryl methyl sites for hydroxylation is 1. The average molecular weight is 276 g/mol. The van der Waals surface area contributed by atoms with Crippen LogP contribution < -0.4 is 10.7 Å². The Kier molecular flexibility index (Phi) is 2.45. The van der Waals surface area contributed by atoms with Crippen LogP contribution in [0.25, 0.3) is 27.2 Å². The monoisotopic (exact) mass is 276 g/mol. The Labute approximate surface area is 122 Å².